The van der Waals surface area contributed by atoms with Gasteiger partial charge in [0.15, 0.2) is 0 Å². The molecule has 186 valence electrons. The van der Waals surface area contributed by atoms with Crippen molar-refractivity contribution in [1.29, 1.82) is 0 Å². The molecular formula is C30H31FN2O3. The number of aliphatic hydroxyl groups excluding tert-OH is 1. The second-order valence-corrected chi connectivity index (χ2v) is 9.13. The van der Waals surface area contributed by atoms with Crippen LogP contribution in [0.15, 0.2) is 72.3 Å². The van der Waals surface area contributed by atoms with Crippen molar-refractivity contribution in [2.75, 3.05) is 18.0 Å². The molecule has 1 aliphatic heterocycles. The third kappa shape index (κ3) is 4.76. The first-order chi connectivity index (χ1) is 17.2. The summed E-state index contributed by atoms with van der Waals surface area (Å²) in [5.41, 5.74) is 5.05. The predicted molar refractivity (Wildman–Crippen MR) is 140 cm³/mol. The van der Waals surface area contributed by atoms with Crippen LogP contribution in [-0.2, 0) is 16.1 Å². The Kier molecular flexibility index (Phi) is 7.25. The number of anilines is 1. The number of carbonyl (C=O) groups excluding carboxylic acids is 2. The molecule has 1 saturated heterocycles. The maximum Gasteiger partial charge on any atom is 0.295 e. The van der Waals surface area contributed by atoms with Crippen LogP contribution < -0.4 is 4.90 Å². The van der Waals surface area contributed by atoms with Gasteiger partial charge in [0.25, 0.3) is 11.7 Å². The fraction of sp³-hybridized carbons (Fsp3) is 0.267. The highest BCUT2D eigenvalue weighted by molar-refractivity contribution is 6.46. The molecule has 0 bridgehead atoms. The quantitative estimate of drug-likeness (QED) is 0.256. The molecule has 0 radical (unpaired) electrons. The lowest BCUT2D eigenvalue weighted by molar-refractivity contribution is -0.140. The second-order valence-electron chi connectivity index (χ2n) is 9.13. The molecular weight excluding hydrogens is 455 g/mol. The average molecular weight is 487 g/mol. The third-order valence-corrected chi connectivity index (χ3v) is 6.84. The van der Waals surface area contributed by atoms with Crippen molar-refractivity contribution >= 4 is 23.1 Å². The Morgan fingerprint density at radius 1 is 0.944 bits per heavy atom. The van der Waals surface area contributed by atoms with E-state index in [0.717, 1.165) is 41.0 Å². The first-order valence-electron chi connectivity index (χ1n) is 12.2. The van der Waals surface area contributed by atoms with E-state index in [9.17, 15) is 19.1 Å². The van der Waals surface area contributed by atoms with Crippen LogP contribution in [0.5, 0.6) is 0 Å². The van der Waals surface area contributed by atoms with E-state index in [1.807, 2.05) is 56.3 Å². The van der Waals surface area contributed by atoms with Crippen molar-refractivity contribution < 1.29 is 19.1 Å². The summed E-state index contributed by atoms with van der Waals surface area (Å²) in [6.45, 7) is 10.0. The fourth-order valence-electron chi connectivity index (χ4n) is 4.76. The Hall–Kier alpha value is -3.93. The number of ketones is 1. The normalized spacial score (nSPS) is 17.0. The van der Waals surface area contributed by atoms with E-state index in [1.165, 1.54) is 29.2 Å². The number of aliphatic hydroxyl groups is 1. The monoisotopic (exact) mass is 486 g/mol. The summed E-state index contributed by atoms with van der Waals surface area (Å²) >= 11 is 0. The van der Waals surface area contributed by atoms with Gasteiger partial charge in [-0.1, -0.05) is 35.9 Å². The van der Waals surface area contributed by atoms with Crippen LogP contribution in [0.25, 0.3) is 5.76 Å². The SMILES string of the molecule is CCN(CC)c1ccc(C2/C(=C(/O)c3ccc(F)cc3)C(=O)C(=O)N2Cc2cc(C)ccc2C)cc1. The molecule has 1 fully saturated rings. The van der Waals surface area contributed by atoms with Crippen LogP contribution in [0, 0.1) is 19.7 Å². The first kappa shape index (κ1) is 25.2. The largest absolute Gasteiger partial charge is 0.507 e. The van der Waals surface area contributed by atoms with Gasteiger partial charge in [-0.3, -0.25) is 9.59 Å². The van der Waals surface area contributed by atoms with Gasteiger partial charge in [-0.25, -0.2) is 4.39 Å². The lowest BCUT2D eigenvalue weighted by atomic mass is 9.94. The number of hydrogen-bond donors (Lipinski definition) is 1. The van der Waals surface area contributed by atoms with Gasteiger partial charge < -0.3 is 14.9 Å². The number of nitrogens with zero attached hydrogens (tertiary/aromatic N) is 2. The molecule has 1 amide bonds. The molecule has 6 heteroatoms. The van der Waals surface area contributed by atoms with Crippen LogP contribution in [0.3, 0.4) is 0 Å². The molecule has 0 aliphatic carbocycles. The van der Waals surface area contributed by atoms with E-state index in [-0.39, 0.29) is 23.4 Å². The minimum absolute atomic E-state index is 0.00695. The minimum atomic E-state index is -0.777. The lowest BCUT2D eigenvalue weighted by Gasteiger charge is -2.27. The number of hydrogen-bond acceptors (Lipinski definition) is 4. The summed E-state index contributed by atoms with van der Waals surface area (Å²) in [6.07, 6.45) is 0. The van der Waals surface area contributed by atoms with E-state index in [1.54, 1.807) is 0 Å². The molecule has 1 heterocycles. The Morgan fingerprint density at radius 3 is 2.19 bits per heavy atom. The maximum absolute atomic E-state index is 13.5. The molecule has 3 aromatic carbocycles. The van der Waals surface area contributed by atoms with Crippen LogP contribution in [-0.4, -0.2) is 34.8 Å². The summed E-state index contributed by atoms with van der Waals surface area (Å²) in [5, 5.41) is 11.2. The zero-order valence-corrected chi connectivity index (χ0v) is 21.1. The number of rotatable bonds is 7. The highest BCUT2D eigenvalue weighted by Crippen LogP contribution is 2.41. The maximum atomic E-state index is 13.5. The number of aryl methyl sites for hydroxylation is 2. The van der Waals surface area contributed by atoms with Gasteiger partial charge in [-0.2, -0.15) is 0 Å². The van der Waals surface area contributed by atoms with E-state index in [2.05, 4.69) is 18.7 Å². The van der Waals surface area contributed by atoms with Gasteiger partial charge in [0.2, 0.25) is 0 Å². The topological polar surface area (TPSA) is 60.9 Å². The van der Waals surface area contributed by atoms with Gasteiger partial charge in [0.05, 0.1) is 11.6 Å². The van der Waals surface area contributed by atoms with Crippen molar-refractivity contribution in [1.82, 2.24) is 4.90 Å². The number of halogens is 1. The Labute approximate surface area is 211 Å². The highest BCUT2D eigenvalue weighted by atomic mass is 19.1. The zero-order chi connectivity index (χ0) is 26.0. The summed E-state index contributed by atoms with van der Waals surface area (Å²) in [7, 11) is 0. The molecule has 1 atom stereocenters. The summed E-state index contributed by atoms with van der Waals surface area (Å²) in [6, 6.07) is 18.2. The zero-order valence-electron chi connectivity index (χ0n) is 21.1. The molecule has 1 N–H and O–H groups in total. The van der Waals surface area contributed by atoms with E-state index in [4.69, 9.17) is 0 Å². The molecule has 3 aromatic rings. The molecule has 0 aromatic heterocycles. The summed E-state index contributed by atoms with van der Waals surface area (Å²) < 4.78 is 13.5. The van der Waals surface area contributed by atoms with Crippen LogP contribution >= 0.6 is 0 Å². The summed E-state index contributed by atoms with van der Waals surface area (Å²) in [5.74, 6) is -2.18. The molecule has 36 heavy (non-hydrogen) atoms. The van der Waals surface area contributed by atoms with Gasteiger partial charge in [0, 0.05) is 30.9 Å². The standard InChI is InChI=1S/C30H31FN2O3/c1-5-32(6-2)25-15-11-21(12-16-25)27-26(28(34)22-9-13-24(31)14-10-22)29(35)30(36)33(27)18-23-17-19(3)7-8-20(23)4/h7-17,27,34H,5-6,18H2,1-4H3/b28-26-. The molecule has 0 saturated carbocycles. The number of Topliss-reactive ketones (excluding diaryl/α,β-unsaturated/α-hetero) is 1. The van der Waals surface area contributed by atoms with Crippen LogP contribution in [0.1, 0.15) is 47.7 Å². The van der Waals surface area contributed by atoms with Crippen molar-refractivity contribution in [2.45, 2.75) is 40.3 Å². The predicted octanol–water partition coefficient (Wildman–Crippen LogP) is 5.91. The van der Waals surface area contributed by atoms with Gasteiger partial charge >= 0.3 is 0 Å². The van der Waals surface area contributed by atoms with Gasteiger partial charge in [-0.15, -0.1) is 0 Å². The van der Waals surface area contributed by atoms with E-state index >= 15 is 0 Å². The molecule has 1 aliphatic rings. The second kappa shape index (κ2) is 10.4. The van der Waals surface area contributed by atoms with Crippen molar-refractivity contribution in [2.24, 2.45) is 0 Å². The number of carbonyl (C=O) groups is 2. The number of likely N-dealkylation sites (tertiary alicyclic amines) is 1. The van der Waals surface area contributed by atoms with Gasteiger partial charge in [-0.05, 0) is 80.8 Å². The molecule has 1 unspecified atom stereocenters. The molecule has 4 rings (SSSR count). The Balaban J connectivity index is 1.85. The highest BCUT2D eigenvalue weighted by Gasteiger charge is 2.46. The average Bonchev–Trinajstić information content (AvgIpc) is 3.12. The molecule has 0 spiro atoms. The van der Waals surface area contributed by atoms with Crippen molar-refractivity contribution in [3.63, 3.8) is 0 Å². The van der Waals surface area contributed by atoms with Gasteiger partial charge in [0.1, 0.15) is 11.6 Å². The third-order valence-electron chi connectivity index (χ3n) is 6.84. The number of benzene rings is 3. The molecule has 5 nitrogen and oxygen atoms in total. The lowest BCUT2D eigenvalue weighted by Crippen LogP contribution is -2.29. The van der Waals surface area contributed by atoms with Crippen molar-refractivity contribution in [3.8, 4) is 0 Å². The minimum Gasteiger partial charge on any atom is -0.507 e. The first-order valence-corrected chi connectivity index (χ1v) is 12.2. The summed E-state index contributed by atoms with van der Waals surface area (Å²) in [4.78, 5) is 30.3. The smallest absolute Gasteiger partial charge is 0.295 e. The fourth-order valence-corrected chi connectivity index (χ4v) is 4.76. The Morgan fingerprint density at radius 2 is 1.58 bits per heavy atom. The van der Waals surface area contributed by atoms with Crippen LogP contribution in [0.4, 0.5) is 10.1 Å². The van der Waals surface area contributed by atoms with Crippen molar-refractivity contribution in [3.05, 3.63) is 106 Å². The Bertz CT molecular complexity index is 1310. The van der Waals surface area contributed by atoms with E-state index < -0.39 is 23.5 Å². The number of amides is 1. The van der Waals surface area contributed by atoms with Crippen LogP contribution in [0.2, 0.25) is 0 Å². The van der Waals surface area contributed by atoms with E-state index in [0.29, 0.717) is 0 Å².